The minimum absolute atomic E-state index is 0.0789. The topological polar surface area (TPSA) is 79.4 Å². The SMILES string of the molecule is O=C(NCCc1cccc(F)c1)C1CCN(S(=O)(=O)c2cccnc2)CC1. The molecule has 144 valence electrons. The Labute approximate surface area is 158 Å². The van der Waals surface area contributed by atoms with Crippen LogP contribution in [0.25, 0.3) is 0 Å². The monoisotopic (exact) mass is 391 g/mol. The Bertz CT molecular complexity index is 882. The molecule has 0 aliphatic carbocycles. The van der Waals surface area contributed by atoms with E-state index in [0.29, 0.717) is 38.9 Å². The van der Waals surface area contributed by atoms with Crippen LogP contribution in [0.4, 0.5) is 4.39 Å². The van der Waals surface area contributed by atoms with Crippen molar-refractivity contribution >= 4 is 15.9 Å². The van der Waals surface area contributed by atoms with Crippen LogP contribution in [0.15, 0.2) is 53.7 Å². The lowest BCUT2D eigenvalue weighted by molar-refractivity contribution is -0.126. The van der Waals surface area contributed by atoms with Gasteiger partial charge in [0.15, 0.2) is 0 Å². The van der Waals surface area contributed by atoms with Crippen LogP contribution >= 0.6 is 0 Å². The summed E-state index contributed by atoms with van der Waals surface area (Å²) < 4.78 is 39.7. The van der Waals surface area contributed by atoms with Crippen molar-refractivity contribution in [1.82, 2.24) is 14.6 Å². The lowest BCUT2D eigenvalue weighted by Gasteiger charge is -2.30. The predicted molar refractivity (Wildman–Crippen MR) is 98.8 cm³/mol. The highest BCUT2D eigenvalue weighted by Crippen LogP contribution is 2.23. The van der Waals surface area contributed by atoms with E-state index in [-0.39, 0.29) is 22.5 Å². The molecule has 1 aliphatic rings. The Morgan fingerprint density at radius 3 is 2.67 bits per heavy atom. The zero-order valence-electron chi connectivity index (χ0n) is 14.8. The number of piperidine rings is 1. The van der Waals surface area contributed by atoms with Gasteiger partial charge in [0, 0.05) is 37.9 Å². The lowest BCUT2D eigenvalue weighted by Crippen LogP contribution is -2.43. The quantitative estimate of drug-likeness (QED) is 0.817. The molecule has 8 heteroatoms. The van der Waals surface area contributed by atoms with Gasteiger partial charge in [-0.3, -0.25) is 9.78 Å². The average Bonchev–Trinajstić information content (AvgIpc) is 2.69. The summed E-state index contributed by atoms with van der Waals surface area (Å²) in [6.45, 7) is 1.04. The summed E-state index contributed by atoms with van der Waals surface area (Å²) in [5.74, 6) is -0.580. The van der Waals surface area contributed by atoms with Gasteiger partial charge in [0.1, 0.15) is 10.7 Å². The van der Waals surface area contributed by atoms with Crippen LogP contribution in [0.2, 0.25) is 0 Å². The number of halogens is 1. The fraction of sp³-hybridized carbons (Fsp3) is 0.368. The maximum atomic E-state index is 13.2. The molecule has 2 heterocycles. The molecule has 3 rings (SSSR count). The molecule has 2 aromatic rings. The normalized spacial score (nSPS) is 16.2. The van der Waals surface area contributed by atoms with Crippen molar-refractivity contribution in [2.45, 2.75) is 24.2 Å². The molecule has 6 nitrogen and oxygen atoms in total. The minimum Gasteiger partial charge on any atom is -0.356 e. The third-order valence-electron chi connectivity index (χ3n) is 4.70. The number of hydrogen-bond acceptors (Lipinski definition) is 4. The summed E-state index contributed by atoms with van der Waals surface area (Å²) >= 11 is 0. The summed E-state index contributed by atoms with van der Waals surface area (Å²) in [5.41, 5.74) is 0.827. The van der Waals surface area contributed by atoms with Crippen molar-refractivity contribution < 1.29 is 17.6 Å². The van der Waals surface area contributed by atoms with Crippen LogP contribution in [0, 0.1) is 11.7 Å². The molecule has 1 aliphatic heterocycles. The second kappa shape index (κ2) is 8.58. The first-order valence-electron chi connectivity index (χ1n) is 8.89. The fourth-order valence-electron chi connectivity index (χ4n) is 3.17. The molecule has 1 aromatic heterocycles. The first-order valence-corrected chi connectivity index (χ1v) is 10.3. The molecule has 0 radical (unpaired) electrons. The third-order valence-corrected chi connectivity index (χ3v) is 6.58. The van der Waals surface area contributed by atoms with Crippen LogP contribution in [0.1, 0.15) is 18.4 Å². The largest absolute Gasteiger partial charge is 0.356 e. The number of nitrogens with zero attached hydrogens (tertiary/aromatic N) is 2. The Morgan fingerprint density at radius 2 is 2.00 bits per heavy atom. The first-order chi connectivity index (χ1) is 13.0. The van der Waals surface area contributed by atoms with Crippen molar-refractivity contribution in [3.8, 4) is 0 Å². The number of aromatic nitrogens is 1. The maximum absolute atomic E-state index is 13.2. The van der Waals surface area contributed by atoms with Gasteiger partial charge in [-0.05, 0) is 49.1 Å². The van der Waals surface area contributed by atoms with Crippen LogP contribution in [0.5, 0.6) is 0 Å². The number of hydrogen-bond donors (Lipinski definition) is 1. The van der Waals surface area contributed by atoms with Gasteiger partial charge >= 0.3 is 0 Å². The number of sulfonamides is 1. The molecule has 0 atom stereocenters. The predicted octanol–water partition coefficient (Wildman–Crippen LogP) is 1.98. The number of pyridine rings is 1. The van der Waals surface area contributed by atoms with Crippen molar-refractivity contribution in [3.05, 3.63) is 60.2 Å². The average molecular weight is 391 g/mol. The van der Waals surface area contributed by atoms with Gasteiger partial charge in [0.25, 0.3) is 0 Å². The molecule has 0 spiro atoms. The highest BCUT2D eigenvalue weighted by atomic mass is 32.2. The molecule has 0 bridgehead atoms. The Balaban J connectivity index is 1.48. The fourth-order valence-corrected chi connectivity index (χ4v) is 4.61. The van der Waals surface area contributed by atoms with Crippen molar-refractivity contribution in [1.29, 1.82) is 0 Å². The number of rotatable bonds is 6. The van der Waals surface area contributed by atoms with E-state index in [2.05, 4.69) is 10.3 Å². The molecule has 27 heavy (non-hydrogen) atoms. The van der Waals surface area contributed by atoms with Gasteiger partial charge in [-0.1, -0.05) is 12.1 Å². The van der Waals surface area contributed by atoms with Gasteiger partial charge in [-0.2, -0.15) is 4.31 Å². The number of carbonyl (C=O) groups is 1. The smallest absolute Gasteiger partial charge is 0.244 e. The van der Waals surface area contributed by atoms with E-state index in [9.17, 15) is 17.6 Å². The van der Waals surface area contributed by atoms with Crippen molar-refractivity contribution in [2.24, 2.45) is 5.92 Å². The van der Waals surface area contributed by atoms with Gasteiger partial charge in [0.05, 0.1) is 0 Å². The zero-order valence-corrected chi connectivity index (χ0v) is 15.7. The van der Waals surface area contributed by atoms with Gasteiger partial charge in [0.2, 0.25) is 15.9 Å². The second-order valence-electron chi connectivity index (χ2n) is 6.54. The highest BCUT2D eigenvalue weighted by molar-refractivity contribution is 7.89. The van der Waals surface area contributed by atoms with E-state index in [4.69, 9.17) is 0 Å². The molecule has 1 saturated heterocycles. The summed E-state index contributed by atoms with van der Waals surface area (Å²) in [5, 5.41) is 2.87. The summed E-state index contributed by atoms with van der Waals surface area (Å²) in [4.78, 5) is 16.3. The van der Waals surface area contributed by atoms with Crippen LogP contribution < -0.4 is 5.32 Å². The van der Waals surface area contributed by atoms with E-state index < -0.39 is 10.0 Å². The molecular formula is C19H22FN3O3S. The molecule has 0 saturated carbocycles. The summed E-state index contributed by atoms with van der Waals surface area (Å²) in [7, 11) is -3.56. The zero-order chi connectivity index (χ0) is 19.3. The third kappa shape index (κ3) is 4.90. The molecule has 1 fully saturated rings. The number of carbonyl (C=O) groups excluding carboxylic acids is 1. The van der Waals surface area contributed by atoms with E-state index >= 15 is 0 Å². The molecule has 0 unspecified atom stereocenters. The standard InChI is InChI=1S/C19H22FN3O3S/c20-17-4-1-3-15(13-17)6-10-22-19(24)16-7-11-23(12-8-16)27(25,26)18-5-2-9-21-14-18/h1-5,9,13-14,16H,6-8,10-12H2,(H,22,24). The van der Waals surface area contributed by atoms with Crippen molar-refractivity contribution in [2.75, 3.05) is 19.6 Å². The van der Waals surface area contributed by atoms with E-state index in [1.807, 2.05) is 6.07 Å². The van der Waals surface area contributed by atoms with E-state index in [1.54, 1.807) is 12.1 Å². The lowest BCUT2D eigenvalue weighted by atomic mass is 9.97. The second-order valence-corrected chi connectivity index (χ2v) is 8.48. The van der Waals surface area contributed by atoms with Gasteiger partial charge in [-0.15, -0.1) is 0 Å². The first kappa shape index (κ1) is 19.4. The van der Waals surface area contributed by atoms with Crippen LogP contribution in [0.3, 0.4) is 0 Å². The number of nitrogens with one attached hydrogen (secondary N) is 1. The molecule has 1 amide bonds. The van der Waals surface area contributed by atoms with Crippen molar-refractivity contribution in [3.63, 3.8) is 0 Å². The summed E-state index contributed by atoms with van der Waals surface area (Å²) in [6.07, 6.45) is 4.37. The van der Waals surface area contributed by atoms with Crippen LogP contribution in [-0.4, -0.2) is 43.2 Å². The molecule has 1 aromatic carbocycles. The highest BCUT2D eigenvalue weighted by Gasteiger charge is 2.32. The van der Waals surface area contributed by atoms with Gasteiger partial charge < -0.3 is 5.32 Å². The van der Waals surface area contributed by atoms with E-state index in [0.717, 1.165) is 5.56 Å². The molecule has 1 N–H and O–H groups in total. The Hall–Kier alpha value is -2.32. The number of benzene rings is 1. The Kier molecular flexibility index (Phi) is 6.18. The van der Waals surface area contributed by atoms with Crippen LogP contribution in [-0.2, 0) is 21.2 Å². The Morgan fingerprint density at radius 1 is 1.22 bits per heavy atom. The molecular weight excluding hydrogens is 369 g/mol. The summed E-state index contributed by atoms with van der Waals surface area (Å²) in [6, 6.07) is 9.41. The maximum Gasteiger partial charge on any atom is 0.244 e. The number of amides is 1. The minimum atomic E-state index is -3.56. The van der Waals surface area contributed by atoms with E-state index in [1.165, 1.54) is 34.9 Å². The van der Waals surface area contributed by atoms with Gasteiger partial charge in [-0.25, -0.2) is 12.8 Å².